The zero-order valence-electron chi connectivity index (χ0n) is 14.8. The lowest BCUT2D eigenvalue weighted by Gasteiger charge is -2.38. The van der Waals surface area contributed by atoms with Gasteiger partial charge in [-0.1, -0.05) is 18.2 Å². The van der Waals surface area contributed by atoms with Crippen LogP contribution in [0.3, 0.4) is 0 Å². The molecule has 1 N–H and O–H groups in total. The van der Waals surface area contributed by atoms with Crippen molar-refractivity contribution in [1.82, 2.24) is 25.0 Å². The van der Waals surface area contributed by atoms with Gasteiger partial charge in [-0.2, -0.15) is 5.10 Å². The number of para-hydroxylation sites is 1. The first-order valence-electron chi connectivity index (χ1n) is 8.62. The molecule has 0 atom stereocenters. The minimum Gasteiger partial charge on any atom is -0.334 e. The third-order valence-electron chi connectivity index (χ3n) is 4.43. The minimum atomic E-state index is -0.0659. The fourth-order valence-electron chi connectivity index (χ4n) is 3.14. The Labute approximate surface area is 156 Å². The van der Waals surface area contributed by atoms with Crippen molar-refractivity contribution in [3.63, 3.8) is 0 Å². The van der Waals surface area contributed by atoms with Crippen LogP contribution in [-0.4, -0.2) is 50.7 Å². The lowest BCUT2D eigenvalue weighted by Crippen LogP contribution is -2.58. The van der Waals surface area contributed by atoms with Gasteiger partial charge in [0.15, 0.2) is 0 Å². The van der Waals surface area contributed by atoms with Crippen molar-refractivity contribution in [2.75, 3.05) is 19.6 Å². The van der Waals surface area contributed by atoms with Crippen LogP contribution < -0.4 is 5.32 Å². The normalized spacial score (nSPS) is 16.6. The molecule has 0 unspecified atom stereocenters. The van der Waals surface area contributed by atoms with E-state index in [9.17, 15) is 4.79 Å². The number of hydrogen-bond acceptors (Lipinski definition) is 5. The van der Waals surface area contributed by atoms with E-state index in [4.69, 9.17) is 0 Å². The molecular formula is C19H21N5OS. The topological polar surface area (TPSA) is 63.1 Å². The second-order valence-electron chi connectivity index (χ2n) is 7.08. The average Bonchev–Trinajstić information content (AvgIpc) is 3.30. The summed E-state index contributed by atoms with van der Waals surface area (Å²) in [4.78, 5) is 19.2. The molecule has 134 valence electrons. The van der Waals surface area contributed by atoms with Crippen molar-refractivity contribution in [1.29, 1.82) is 0 Å². The number of carbonyl (C=O) groups is 1. The Bertz CT molecular complexity index is 915. The standard InChI is InChI=1S/C19H21N5OS/c1-19(2)13-23(9-8-20-19)18(25)16-12-26-17(22-16)14-10-21-24(11-14)15-6-4-3-5-7-15/h3-7,10-12,20H,8-9,13H2,1-2H3. The van der Waals surface area contributed by atoms with Gasteiger partial charge in [-0.25, -0.2) is 9.67 Å². The van der Waals surface area contributed by atoms with Gasteiger partial charge in [0.2, 0.25) is 0 Å². The molecule has 1 fully saturated rings. The predicted octanol–water partition coefficient (Wildman–Crippen LogP) is 2.82. The molecule has 7 heteroatoms. The predicted molar refractivity (Wildman–Crippen MR) is 103 cm³/mol. The van der Waals surface area contributed by atoms with E-state index < -0.39 is 0 Å². The summed E-state index contributed by atoms with van der Waals surface area (Å²) in [6.45, 7) is 6.42. The molecule has 0 bridgehead atoms. The van der Waals surface area contributed by atoms with Crippen LogP contribution >= 0.6 is 11.3 Å². The Kier molecular flexibility index (Phi) is 4.34. The van der Waals surface area contributed by atoms with Gasteiger partial charge in [0, 0.05) is 42.3 Å². The maximum atomic E-state index is 12.8. The molecule has 2 aromatic heterocycles. The van der Waals surface area contributed by atoms with Gasteiger partial charge in [0.25, 0.3) is 5.91 Å². The molecule has 1 amide bonds. The Morgan fingerprint density at radius 2 is 2.08 bits per heavy atom. The number of nitrogens with zero attached hydrogens (tertiary/aromatic N) is 4. The van der Waals surface area contributed by atoms with Gasteiger partial charge in [0.05, 0.1) is 11.9 Å². The van der Waals surface area contributed by atoms with Crippen LogP contribution in [0, 0.1) is 0 Å². The minimum absolute atomic E-state index is 0.00229. The SMILES string of the molecule is CC1(C)CN(C(=O)c2csc(-c3cnn(-c4ccccc4)c3)n2)CCN1. The summed E-state index contributed by atoms with van der Waals surface area (Å²) < 4.78 is 1.82. The highest BCUT2D eigenvalue weighted by molar-refractivity contribution is 7.13. The first-order chi connectivity index (χ1) is 12.5. The third kappa shape index (κ3) is 3.40. The van der Waals surface area contributed by atoms with Gasteiger partial charge in [-0.15, -0.1) is 11.3 Å². The van der Waals surface area contributed by atoms with Crippen LogP contribution in [-0.2, 0) is 0 Å². The molecule has 0 aliphatic carbocycles. The maximum absolute atomic E-state index is 12.8. The second kappa shape index (κ2) is 6.66. The molecule has 0 saturated carbocycles. The fourth-order valence-corrected chi connectivity index (χ4v) is 3.91. The Morgan fingerprint density at radius 3 is 2.85 bits per heavy atom. The molecule has 1 aliphatic heterocycles. The van der Waals surface area contributed by atoms with Crippen LogP contribution in [0.15, 0.2) is 48.1 Å². The molecule has 1 aliphatic rings. The Balaban J connectivity index is 1.53. The van der Waals surface area contributed by atoms with Gasteiger partial charge in [-0.05, 0) is 26.0 Å². The van der Waals surface area contributed by atoms with Gasteiger partial charge in [0.1, 0.15) is 10.7 Å². The molecule has 1 saturated heterocycles. The maximum Gasteiger partial charge on any atom is 0.273 e. The number of carbonyl (C=O) groups excluding carboxylic acids is 1. The third-order valence-corrected chi connectivity index (χ3v) is 5.32. The highest BCUT2D eigenvalue weighted by Crippen LogP contribution is 2.25. The summed E-state index contributed by atoms with van der Waals surface area (Å²) in [6, 6.07) is 9.93. The van der Waals surface area contributed by atoms with Crippen LogP contribution in [0.25, 0.3) is 16.3 Å². The molecule has 6 nitrogen and oxygen atoms in total. The van der Waals surface area contributed by atoms with E-state index in [0.717, 1.165) is 22.8 Å². The lowest BCUT2D eigenvalue weighted by atomic mass is 10.0. The summed E-state index contributed by atoms with van der Waals surface area (Å²) >= 11 is 1.48. The quantitative estimate of drug-likeness (QED) is 0.773. The molecule has 3 aromatic rings. The smallest absolute Gasteiger partial charge is 0.273 e. The van der Waals surface area contributed by atoms with Crippen molar-refractivity contribution in [2.24, 2.45) is 0 Å². The van der Waals surface area contributed by atoms with Crippen molar-refractivity contribution in [3.05, 3.63) is 53.8 Å². The number of aromatic nitrogens is 3. The summed E-state index contributed by atoms with van der Waals surface area (Å²) in [6.07, 6.45) is 3.73. The van der Waals surface area contributed by atoms with Crippen LogP contribution in [0.5, 0.6) is 0 Å². The van der Waals surface area contributed by atoms with E-state index in [1.54, 1.807) is 6.20 Å². The summed E-state index contributed by atoms with van der Waals surface area (Å²) in [5.41, 5.74) is 2.35. The van der Waals surface area contributed by atoms with E-state index in [-0.39, 0.29) is 11.4 Å². The van der Waals surface area contributed by atoms with Gasteiger partial charge >= 0.3 is 0 Å². The van der Waals surface area contributed by atoms with Crippen molar-refractivity contribution in [3.8, 4) is 16.3 Å². The second-order valence-corrected chi connectivity index (χ2v) is 7.94. The number of benzene rings is 1. The van der Waals surface area contributed by atoms with Gasteiger partial charge in [-0.3, -0.25) is 4.79 Å². The van der Waals surface area contributed by atoms with E-state index in [1.165, 1.54) is 11.3 Å². The fraction of sp³-hybridized carbons (Fsp3) is 0.316. The highest BCUT2D eigenvalue weighted by Gasteiger charge is 2.30. The lowest BCUT2D eigenvalue weighted by molar-refractivity contribution is 0.0647. The summed E-state index contributed by atoms with van der Waals surface area (Å²) in [5.74, 6) is -0.00229. The average molecular weight is 367 g/mol. The van der Waals surface area contributed by atoms with Crippen molar-refractivity contribution in [2.45, 2.75) is 19.4 Å². The number of thiazole rings is 1. The van der Waals surface area contributed by atoms with Crippen molar-refractivity contribution >= 4 is 17.2 Å². The number of hydrogen-bond donors (Lipinski definition) is 1. The van der Waals surface area contributed by atoms with Crippen LogP contribution in [0.4, 0.5) is 0 Å². The van der Waals surface area contributed by atoms with Crippen LogP contribution in [0.2, 0.25) is 0 Å². The zero-order chi connectivity index (χ0) is 18.1. The largest absolute Gasteiger partial charge is 0.334 e. The Hall–Kier alpha value is -2.51. The Morgan fingerprint density at radius 1 is 1.27 bits per heavy atom. The molecule has 1 aromatic carbocycles. The van der Waals surface area contributed by atoms with E-state index in [0.29, 0.717) is 18.8 Å². The van der Waals surface area contributed by atoms with E-state index in [2.05, 4.69) is 29.2 Å². The zero-order valence-corrected chi connectivity index (χ0v) is 15.7. The first kappa shape index (κ1) is 16.9. The van der Waals surface area contributed by atoms with Gasteiger partial charge < -0.3 is 10.2 Å². The molecular weight excluding hydrogens is 346 g/mol. The summed E-state index contributed by atoms with van der Waals surface area (Å²) in [5, 5.41) is 10.5. The van der Waals surface area contributed by atoms with Crippen LogP contribution in [0.1, 0.15) is 24.3 Å². The molecule has 0 spiro atoms. The monoisotopic (exact) mass is 367 g/mol. The van der Waals surface area contributed by atoms with E-state index in [1.807, 2.05) is 51.5 Å². The number of rotatable bonds is 3. The number of piperazine rings is 1. The van der Waals surface area contributed by atoms with Crippen molar-refractivity contribution < 1.29 is 4.79 Å². The number of amides is 1. The molecule has 3 heterocycles. The molecule has 26 heavy (non-hydrogen) atoms. The molecule has 4 rings (SSSR count). The number of nitrogens with one attached hydrogen (secondary N) is 1. The highest BCUT2D eigenvalue weighted by atomic mass is 32.1. The first-order valence-corrected chi connectivity index (χ1v) is 9.50. The van der Waals surface area contributed by atoms with E-state index >= 15 is 0 Å². The summed E-state index contributed by atoms with van der Waals surface area (Å²) in [7, 11) is 0. The molecule has 0 radical (unpaired) electrons.